The number of benzene rings is 1. The Labute approximate surface area is 178 Å². The smallest absolute Gasteiger partial charge is 0.262 e. The van der Waals surface area contributed by atoms with Gasteiger partial charge >= 0.3 is 0 Å². The molecule has 0 fully saturated rings. The highest BCUT2D eigenvalue weighted by molar-refractivity contribution is 9.10. The van der Waals surface area contributed by atoms with E-state index in [4.69, 9.17) is 4.74 Å². The molecule has 0 saturated carbocycles. The van der Waals surface area contributed by atoms with Crippen molar-refractivity contribution in [3.8, 4) is 0 Å². The van der Waals surface area contributed by atoms with Crippen molar-refractivity contribution in [3.05, 3.63) is 33.0 Å². The van der Waals surface area contributed by atoms with Crippen molar-refractivity contribution in [1.29, 1.82) is 0 Å². The summed E-state index contributed by atoms with van der Waals surface area (Å²) in [4.78, 5) is 30.1. The molecule has 1 aromatic heterocycles. The molecule has 0 spiro atoms. The number of rotatable bonds is 10. The predicted molar refractivity (Wildman–Crippen MR) is 118 cm³/mol. The Kier molecular flexibility index (Phi) is 8.98. The normalized spacial score (nSPS) is 12.5. The van der Waals surface area contributed by atoms with Crippen LogP contribution in [0.5, 0.6) is 0 Å². The molecule has 0 aliphatic rings. The number of thioether (sulfide) groups is 1. The third kappa shape index (κ3) is 6.32. The van der Waals surface area contributed by atoms with Gasteiger partial charge in [0.1, 0.15) is 0 Å². The Morgan fingerprint density at radius 3 is 2.79 bits per heavy atom. The number of hydrogen-bond donors (Lipinski definition) is 1. The van der Waals surface area contributed by atoms with Crippen molar-refractivity contribution in [2.45, 2.75) is 51.1 Å². The van der Waals surface area contributed by atoms with Crippen LogP contribution in [0.15, 0.2) is 32.6 Å². The molecule has 0 bridgehead atoms. The number of halogens is 1. The molecule has 1 aromatic carbocycles. The Balaban J connectivity index is 2.21. The molecule has 0 radical (unpaired) electrons. The fourth-order valence-corrected chi connectivity index (χ4v) is 3.98. The lowest BCUT2D eigenvalue weighted by Crippen LogP contribution is -2.33. The van der Waals surface area contributed by atoms with Gasteiger partial charge in [-0.15, -0.1) is 0 Å². The van der Waals surface area contributed by atoms with E-state index in [1.54, 1.807) is 10.6 Å². The lowest BCUT2D eigenvalue weighted by Gasteiger charge is -2.17. The first-order valence-electron chi connectivity index (χ1n) is 9.55. The number of nitrogens with zero attached hydrogens (tertiary/aromatic N) is 2. The largest absolute Gasteiger partial charge is 0.382 e. The second-order valence-electron chi connectivity index (χ2n) is 6.97. The molecule has 2 aromatic rings. The van der Waals surface area contributed by atoms with Gasteiger partial charge in [-0.3, -0.25) is 14.2 Å². The van der Waals surface area contributed by atoms with Gasteiger partial charge in [-0.25, -0.2) is 4.98 Å². The first kappa shape index (κ1) is 22.9. The van der Waals surface area contributed by atoms with Crippen LogP contribution in [0, 0.1) is 5.92 Å². The standard InChI is InChI=1S/C20H28BrN3O3S/c1-5-27-10-6-9-22-18(25)14(4)28-20-23-17-8-7-15(21)11-16(17)19(26)24(20)12-13(2)3/h7-8,11,13-14H,5-6,9-10,12H2,1-4H3,(H,22,25). The van der Waals surface area contributed by atoms with Crippen LogP contribution < -0.4 is 10.9 Å². The second-order valence-corrected chi connectivity index (χ2v) is 9.19. The molecule has 0 saturated heterocycles. The third-order valence-corrected chi connectivity index (χ3v) is 5.63. The van der Waals surface area contributed by atoms with Crippen LogP contribution in [0.3, 0.4) is 0 Å². The minimum atomic E-state index is -0.356. The number of aromatic nitrogens is 2. The quantitative estimate of drug-likeness (QED) is 0.325. The zero-order valence-electron chi connectivity index (χ0n) is 16.8. The predicted octanol–water partition coefficient (Wildman–Crippen LogP) is 3.84. The summed E-state index contributed by atoms with van der Waals surface area (Å²) in [5, 5.41) is 3.71. The van der Waals surface area contributed by atoms with Crippen molar-refractivity contribution < 1.29 is 9.53 Å². The first-order valence-corrected chi connectivity index (χ1v) is 11.2. The number of ether oxygens (including phenoxy) is 1. The zero-order valence-corrected chi connectivity index (χ0v) is 19.2. The van der Waals surface area contributed by atoms with E-state index in [-0.39, 0.29) is 22.6 Å². The number of hydrogen-bond acceptors (Lipinski definition) is 5. The molecule has 154 valence electrons. The summed E-state index contributed by atoms with van der Waals surface area (Å²) >= 11 is 4.74. The molecule has 1 unspecified atom stereocenters. The van der Waals surface area contributed by atoms with Crippen molar-refractivity contribution >= 4 is 44.5 Å². The lowest BCUT2D eigenvalue weighted by atomic mass is 10.2. The van der Waals surface area contributed by atoms with E-state index in [0.29, 0.717) is 42.4 Å². The van der Waals surface area contributed by atoms with Crippen LogP contribution in [0.1, 0.15) is 34.1 Å². The minimum Gasteiger partial charge on any atom is -0.382 e. The van der Waals surface area contributed by atoms with Gasteiger partial charge in [-0.2, -0.15) is 0 Å². The summed E-state index contributed by atoms with van der Waals surface area (Å²) in [5.74, 6) is 0.217. The van der Waals surface area contributed by atoms with E-state index in [1.165, 1.54) is 11.8 Å². The summed E-state index contributed by atoms with van der Waals surface area (Å²) in [5.41, 5.74) is 0.562. The summed E-state index contributed by atoms with van der Waals surface area (Å²) in [6, 6.07) is 5.48. The SMILES string of the molecule is CCOCCCNC(=O)C(C)Sc1nc2ccc(Br)cc2c(=O)n1CC(C)C. The van der Waals surface area contributed by atoms with Gasteiger partial charge in [0.2, 0.25) is 5.91 Å². The Bertz CT molecular complexity index is 870. The van der Waals surface area contributed by atoms with Crippen LogP contribution in [-0.2, 0) is 16.1 Å². The van der Waals surface area contributed by atoms with Crippen LogP contribution in [0.2, 0.25) is 0 Å². The van der Waals surface area contributed by atoms with E-state index in [1.807, 2.05) is 26.0 Å². The maximum Gasteiger partial charge on any atom is 0.262 e. The van der Waals surface area contributed by atoms with Crippen molar-refractivity contribution in [2.75, 3.05) is 19.8 Å². The maximum absolute atomic E-state index is 13.0. The number of carbonyl (C=O) groups is 1. The van der Waals surface area contributed by atoms with Gasteiger partial charge in [-0.05, 0) is 44.4 Å². The molecule has 28 heavy (non-hydrogen) atoms. The van der Waals surface area contributed by atoms with E-state index in [2.05, 4.69) is 40.1 Å². The third-order valence-electron chi connectivity index (χ3n) is 4.05. The number of carbonyl (C=O) groups excluding carboxylic acids is 1. The Hall–Kier alpha value is -1.38. The molecular weight excluding hydrogens is 442 g/mol. The fraction of sp³-hybridized carbons (Fsp3) is 0.550. The highest BCUT2D eigenvalue weighted by atomic mass is 79.9. The van der Waals surface area contributed by atoms with Crippen LogP contribution >= 0.6 is 27.7 Å². The number of amides is 1. The number of fused-ring (bicyclic) bond motifs is 1. The van der Waals surface area contributed by atoms with Gasteiger partial charge in [0.05, 0.1) is 16.2 Å². The van der Waals surface area contributed by atoms with Crippen molar-refractivity contribution in [3.63, 3.8) is 0 Å². The molecule has 2 rings (SSSR count). The topological polar surface area (TPSA) is 73.2 Å². The molecule has 6 nitrogen and oxygen atoms in total. The summed E-state index contributed by atoms with van der Waals surface area (Å²) in [6.07, 6.45) is 0.776. The van der Waals surface area contributed by atoms with E-state index in [9.17, 15) is 9.59 Å². The molecule has 0 aliphatic carbocycles. The van der Waals surface area contributed by atoms with Crippen molar-refractivity contribution in [1.82, 2.24) is 14.9 Å². The Morgan fingerprint density at radius 2 is 2.11 bits per heavy atom. The van der Waals surface area contributed by atoms with Crippen LogP contribution in [0.25, 0.3) is 10.9 Å². The van der Waals surface area contributed by atoms with Crippen molar-refractivity contribution in [2.24, 2.45) is 5.92 Å². The Morgan fingerprint density at radius 1 is 1.36 bits per heavy atom. The zero-order chi connectivity index (χ0) is 20.7. The van der Waals surface area contributed by atoms with Gasteiger partial charge in [-0.1, -0.05) is 41.5 Å². The average molecular weight is 470 g/mol. The molecule has 1 N–H and O–H groups in total. The monoisotopic (exact) mass is 469 g/mol. The van der Waals surface area contributed by atoms with Gasteiger partial charge < -0.3 is 10.1 Å². The van der Waals surface area contributed by atoms with E-state index >= 15 is 0 Å². The maximum atomic E-state index is 13.0. The number of nitrogens with one attached hydrogen (secondary N) is 1. The van der Waals surface area contributed by atoms with Gasteiger partial charge in [0.25, 0.3) is 5.56 Å². The average Bonchev–Trinajstić information content (AvgIpc) is 2.65. The second kappa shape index (κ2) is 11.0. The molecule has 8 heteroatoms. The fourth-order valence-electron chi connectivity index (χ4n) is 2.67. The highest BCUT2D eigenvalue weighted by Crippen LogP contribution is 2.24. The van der Waals surface area contributed by atoms with Gasteiger partial charge in [0.15, 0.2) is 5.16 Å². The summed E-state index contributed by atoms with van der Waals surface area (Å²) < 4.78 is 7.80. The molecule has 1 amide bonds. The highest BCUT2D eigenvalue weighted by Gasteiger charge is 2.19. The minimum absolute atomic E-state index is 0.0669. The van der Waals surface area contributed by atoms with Gasteiger partial charge in [0, 0.05) is 30.8 Å². The summed E-state index contributed by atoms with van der Waals surface area (Å²) in [7, 11) is 0. The molecule has 1 heterocycles. The molecule has 0 aliphatic heterocycles. The lowest BCUT2D eigenvalue weighted by molar-refractivity contribution is -0.120. The van der Waals surface area contributed by atoms with E-state index in [0.717, 1.165) is 10.9 Å². The molecule has 1 atom stereocenters. The van der Waals surface area contributed by atoms with Crippen LogP contribution in [0.4, 0.5) is 0 Å². The van der Waals surface area contributed by atoms with Crippen LogP contribution in [-0.4, -0.2) is 40.5 Å². The summed E-state index contributed by atoms with van der Waals surface area (Å²) in [6.45, 7) is 10.3. The molecular formula is C20H28BrN3O3S. The first-order chi connectivity index (χ1) is 13.3. The van der Waals surface area contributed by atoms with E-state index < -0.39 is 0 Å².